The van der Waals surface area contributed by atoms with E-state index in [1.807, 2.05) is 0 Å². The fourth-order valence-electron chi connectivity index (χ4n) is 1.63. The van der Waals surface area contributed by atoms with Gasteiger partial charge < -0.3 is 4.79 Å². The van der Waals surface area contributed by atoms with Crippen LogP contribution < -0.4 is 0 Å². The highest BCUT2D eigenvalue weighted by atomic mass is 32.1. The molecule has 1 aromatic carbocycles. The number of rotatable bonds is 2. The summed E-state index contributed by atoms with van der Waals surface area (Å²) in [6.07, 6.45) is -3.74. The van der Waals surface area contributed by atoms with E-state index in [-0.39, 0.29) is 11.8 Å². The predicted molar refractivity (Wildman–Crippen MR) is 56.6 cm³/mol. The topological polar surface area (TPSA) is 17.1 Å². The molecular formula is C11H7F3OS. The molecule has 0 amide bonds. The SMILES string of the molecule is O=CCc1csc2cccc(C(F)(F)F)c12. The quantitative estimate of drug-likeness (QED) is 0.737. The summed E-state index contributed by atoms with van der Waals surface area (Å²) in [5, 5.41) is 1.76. The number of hydrogen-bond acceptors (Lipinski definition) is 2. The van der Waals surface area contributed by atoms with Crippen molar-refractivity contribution >= 4 is 27.7 Å². The maximum Gasteiger partial charge on any atom is 0.417 e. The lowest BCUT2D eigenvalue weighted by molar-refractivity contribution is -0.136. The van der Waals surface area contributed by atoms with E-state index in [0.29, 0.717) is 16.5 Å². The predicted octanol–water partition coefficient (Wildman–Crippen LogP) is 3.66. The number of thiophene rings is 1. The van der Waals surface area contributed by atoms with Crippen LogP contribution in [0.4, 0.5) is 13.2 Å². The molecule has 0 aliphatic carbocycles. The molecule has 5 heteroatoms. The number of halogens is 3. The first-order valence-corrected chi connectivity index (χ1v) is 5.42. The Balaban J connectivity index is 2.73. The molecule has 0 aliphatic rings. The van der Waals surface area contributed by atoms with Crippen molar-refractivity contribution < 1.29 is 18.0 Å². The summed E-state index contributed by atoms with van der Waals surface area (Å²) in [6.45, 7) is 0. The molecule has 1 aromatic heterocycles. The van der Waals surface area contributed by atoms with E-state index in [9.17, 15) is 18.0 Å². The van der Waals surface area contributed by atoms with Crippen molar-refractivity contribution in [3.63, 3.8) is 0 Å². The van der Waals surface area contributed by atoms with Gasteiger partial charge in [0, 0.05) is 16.5 Å². The van der Waals surface area contributed by atoms with Crippen molar-refractivity contribution in [2.24, 2.45) is 0 Å². The maximum absolute atomic E-state index is 12.7. The third kappa shape index (κ3) is 1.82. The zero-order valence-corrected chi connectivity index (χ0v) is 8.86. The molecular weight excluding hydrogens is 237 g/mol. The van der Waals surface area contributed by atoms with Crippen molar-refractivity contribution in [3.8, 4) is 0 Å². The van der Waals surface area contributed by atoms with E-state index in [0.717, 1.165) is 6.07 Å². The Morgan fingerprint density at radius 1 is 1.31 bits per heavy atom. The molecule has 0 unspecified atom stereocenters. The van der Waals surface area contributed by atoms with Gasteiger partial charge in [0.1, 0.15) is 6.29 Å². The minimum absolute atomic E-state index is 0.0209. The molecule has 84 valence electrons. The molecule has 0 spiro atoms. The molecule has 0 bridgehead atoms. The highest BCUT2D eigenvalue weighted by Gasteiger charge is 2.33. The van der Waals surface area contributed by atoms with E-state index < -0.39 is 11.7 Å². The monoisotopic (exact) mass is 244 g/mol. The summed E-state index contributed by atoms with van der Waals surface area (Å²) in [4.78, 5) is 10.4. The van der Waals surface area contributed by atoms with E-state index in [1.165, 1.54) is 17.4 Å². The fourth-order valence-corrected chi connectivity index (χ4v) is 2.63. The standard InChI is InChI=1S/C11H7F3OS/c12-11(13,14)8-2-1-3-9-10(8)7(4-5-15)6-16-9/h1-3,5-6H,4H2. The van der Waals surface area contributed by atoms with Crippen LogP contribution in [0.5, 0.6) is 0 Å². The fraction of sp³-hybridized carbons (Fsp3) is 0.182. The molecule has 1 heterocycles. The van der Waals surface area contributed by atoms with E-state index in [2.05, 4.69) is 0 Å². The summed E-state index contributed by atoms with van der Waals surface area (Å²) in [5.74, 6) is 0. The van der Waals surface area contributed by atoms with Crippen LogP contribution in [0, 0.1) is 0 Å². The lowest BCUT2D eigenvalue weighted by Gasteiger charge is -2.08. The second-order valence-electron chi connectivity index (χ2n) is 3.31. The Bertz CT molecular complexity index is 527. The van der Waals surface area contributed by atoms with Gasteiger partial charge in [-0.2, -0.15) is 13.2 Å². The molecule has 0 N–H and O–H groups in total. The second-order valence-corrected chi connectivity index (χ2v) is 4.22. The Hall–Kier alpha value is -1.36. The molecule has 16 heavy (non-hydrogen) atoms. The maximum atomic E-state index is 12.7. The molecule has 0 aliphatic heterocycles. The van der Waals surface area contributed by atoms with Gasteiger partial charge >= 0.3 is 6.18 Å². The van der Waals surface area contributed by atoms with Crippen molar-refractivity contribution in [2.45, 2.75) is 12.6 Å². The Labute approximate surface area is 93.5 Å². The largest absolute Gasteiger partial charge is 0.417 e. The summed E-state index contributed by atoms with van der Waals surface area (Å²) in [5.41, 5.74) is -0.217. The molecule has 0 atom stereocenters. The lowest BCUT2D eigenvalue weighted by Crippen LogP contribution is -2.05. The highest BCUT2D eigenvalue weighted by molar-refractivity contribution is 7.17. The minimum atomic E-state index is -4.38. The molecule has 0 saturated heterocycles. The molecule has 1 nitrogen and oxygen atoms in total. The van der Waals surface area contributed by atoms with Gasteiger partial charge in [-0.05, 0) is 23.1 Å². The Morgan fingerprint density at radius 3 is 2.69 bits per heavy atom. The normalized spacial score (nSPS) is 11.9. The van der Waals surface area contributed by atoms with Gasteiger partial charge in [0.15, 0.2) is 0 Å². The van der Waals surface area contributed by atoms with Crippen LogP contribution in [0.15, 0.2) is 23.6 Å². The van der Waals surface area contributed by atoms with Gasteiger partial charge in [-0.3, -0.25) is 0 Å². The molecule has 0 radical (unpaired) electrons. The third-order valence-electron chi connectivity index (χ3n) is 2.28. The van der Waals surface area contributed by atoms with Crippen molar-refractivity contribution in [1.29, 1.82) is 0 Å². The zero-order valence-electron chi connectivity index (χ0n) is 8.04. The van der Waals surface area contributed by atoms with Gasteiger partial charge in [0.05, 0.1) is 5.56 Å². The Kier molecular flexibility index (Phi) is 2.71. The first-order chi connectivity index (χ1) is 7.54. The Morgan fingerprint density at radius 2 is 2.06 bits per heavy atom. The summed E-state index contributed by atoms with van der Waals surface area (Å²) in [7, 11) is 0. The molecule has 2 aromatic rings. The zero-order chi connectivity index (χ0) is 11.8. The van der Waals surface area contributed by atoms with Crippen LogP contribution >= 0.6 is 11.3 Å². The van der Waals surface area contributed by atoms with E-state index >= 15 is 0 Å². The smallest absolute Gasteiger partial charge is 0.303 e. The summed E-state index contributed by atoms with van der Waals surface area (Å²) in [6, 6.07) is 4.05. The van der Waals surface area contributed by atoms with Gasteiger partial charge in [0.2, 0.25) is 0 Å². The number of aldehydes is 1. The lowest BCUT2D eigenvalue weighted by atomic mass is 10.0. The van der Waals surface area contributed by atoms with Crippen LogP contribution in [-0.2, 0) is 17.4 Å². The minimum Gasteiger partial charge on any atom is -0.303 e. The van der Waals surface area contributed by atoms with Crippen LogP contribution in [0.3, 0.4) is 0 Å². The molecule has 0 saturated carbocycles. The van der Waals surface area contributed by atoms with Crippen LogP contribution in [0.25, 0.3) is 10.1 Å². The summed E-state index contributed by atoms with van der Waals surface area (Å²) < 4.78 is 38.8. The van der Waals surface area contributed by atoms with E-state index in [4.69, 9.17) is 0 Å². The van der Waals surface area contributed by atoms with Crippen LogP contribution in [0.2, 0.25) is 0 Å². The number of hydrogen-bond donors (Lipinski definition) is 0. The van der Waals surface area contributed by atoms with Gasteiger partial charge in [-0.1, -0.05) is 6.07 Å². The van der Waals surface area contributed by atoms with Gasteiger partial charge in [0.25, 0.3) is 0 Å². The number of carbonyl (C=O) groups excluding carboxylic acids is 1. The molecule has 2 rings (SSSR count). The highest BCUT2D eigenvalue weighted by Crippen LogP contribution is 2.38. The van der Waals surface area contributed by atoms with Gasteiger partial charge in [-0.25, -0.2) is 0 Å². The average molecular weight is 244 g/mol. The molecule has 0 fully saturated rings. The van der Waals surface area contributed by atoms with Crippen molar-refractivity contribution in [2.75, 3.05) is 0 Å². The van der Waals surface area contributed by atoms with Crippen LogP contribution in [-0.4, -0.2) is 6.29 Å². The number of fused-ring (bicyclic) bond motifs is 1. The number of carbonyl (C=O) groups is 1. The number of benzene rings is 1. The van der Waals surface area contributed by atoms with Crippen LogP contribution in [0.1, 0.15) is 11.1 Å². The summed E-state index contributed by atoms with van der Waals surface area (Å²) >= 11 is 1.23. The van der Waals surface area contributed by atoms with Crippen molar-refractivity contribution in [1.82, 2.24) is 0 Å². The van der Waals surface area contributed by atoms with E-state index in [1.54, 1.807) is 11.4 Å². The average Bonchev–Trinajstić information content (AvgIpc) is 2.61. The van der Waals surface area contributed by atoms with Gasteiger partial charge in [-0.15, -0.1) is 11.3 Å². The number of alkyl halides is 3. The first-order valence-electron chi connectivity index (χ1n) is 4.54. The van der Waals surface area contributed by atoms with Crippen molar-refractivity contribution in [3.05, 3.63) is 34.7 Å². The second kappa shape index (κ2) is 3.90. The first kappa shape index (κ1) is 11.1. The third-order valence-corrected chi connectivity index (χ3v) is 3.28.